The van der Waals surface area contributed by atoms with Crippen LogP contribution in [0.15, 0.2) is 23.3 Å². The highest BCUT2D eigenvalue weighted by Gasteiger charge is 1.91. The zero-order valence-electron chi connectivity index (χ0n) is 5.62. The summed E-state index contributed by atoms with van der Waals surface area (Å²) in [7, 11) is 0. The third-order valence-corrected chi connectivity index (χ3v) is 1.32. The van der Waals surface area contributed by atoms with Crippen LogP contribution in [0, 0.1) is 0 Å². The molecule has 0 aliphatic heterocycles. The van der Waals surface area contributed by atoms with Gasteiger partial charge in [0, 0.05) is 6.20 Å². The fourth-order valence-electron chi connectivity index (χ4n) is 0.664. The summed E-state index contributed by atoms with van der Waals surface area (Å²) in [5.41, 5.74) is 0.855. The zero-order chi connectivity index (χ0) is 8.10. The third kappa shape index (κ3) is 2.50. The summed E-state index contributed by atoms with van der Waals surface area (Å²) >= 11 is 5.57. The molecule has 0 saturated heterocycles. The van der Waals surface area contributed by atoms with Crippen LogP contribution in [-0.2, 0) is 11.3 Å². The minimum atomic E-state index is 0.311. The van der Waals surface area contributed by atoms with Gasteiger partial charge in [-0.1, -0.05) is 11.6 Å². The summed E-state index contributed by atoms with van der Waals surface area (Å²) in [5, 5.41) is 0.406. The first-order chi connectivity index (χ1) is 5.33. The maximum absolute atomic E-state index is 9.72. The Morgan fingerprint density at radius 2 is 2.55 bits per heavy atom. The molecule has 11 heavy (non-hydrogen) atoms. The minimum absolute atomic E-state index is 0.311. The molecule has 4 heteroatoms. The van der Waals surface area contributed by atoms with Crippen molar-refractivity contribution in [3.63, 3.8) is 0 Å². The van der Waals surface area contributed by atoms with Gasteiger partial charge in [-0.2, -0.15) is 0 Å². The van der Waals surface area contributed by atoms with Crippen LogP contribution in [0.4, 0.5) is 0 Å². The Morgan fingerprint density at radius 1 is 1.73 bits per heavy atom. The van der Waals surface area contributed by atoms with Crippen molar-refractivity contribution in [1.82, 2.24) is 4.98 Å². The number of pyridine rings is 1. The third-order valence-electron chi connectivity index (χ3n) is 1.12. The van der Waals surface area contributed by atoms with Crippen LogP contribution in [0.1, 0.15) is 5.56 Å². The van der Waals surface area contributed by atoms with Crippen LogP contribution in [0.2, 0.25) is 5.15 Å². The molecular weight excluding hydrogens is 164 g/mol. The van der Waals surface area contributed by atoms with Gasteiger partial charge in [0.25, 0.3) is 0 Å². The molecule has 3 nitrogen and oxygen atoms in total. The molecule has 1 aromatic heterocycles. The number of hydrogen-bond donors (Lipinski definition) is 0. The van der Waals surface area contributed by atoms with Crippen molar-refractivity contribution in [2.75, 3.05) is 0 Å². The van der Waals surface area contributed by atoms with Gasteiger partial charge in [-0.15, -0.1) is 0 Å². The van der Waals surface area contributed by atoms with Crippen molar-refractivity contribution < 1.29 is 4.79 Å². The van der Waals surface area contributed by atoms with Gasteiger partial charge in [0.15, 0.2) is 0 Å². The first-order valence-electron chi connectivity index (χ1n) is 2.97. The van der Waals surface area contributed by atoms with Gasteiger partial charge in [-0.3, -0.25) is 0 Å². The summed E-state index contributed by atoms with van der Waals surface area (Å²) in [6.07, 6.45) is 3.01. The molecule has 1 heterocycles. The number of aliphatic imine (C=N–C) groups is 1. The maximum atomic E-state index is 9.72. The molecule has 0 aliphatic rings. The number of halogens is 1. The average molecular weight is 169 g/mol. The Balaban J connectivity index is 2.79. The highest BCUT2D eigenvalue weighted by molar-refractivity contribution is 6.29. The smallest absolute Gasteiger partial charge is 0.235 e. The van der Waals surface area contributed by atoms with Crippen molar-refractivity contribution in [2.24, 2.45) is 4.99 Å². The highest BCUT2D eigenvalue weighted by atomic mass is 35.5. The SMILES string of the molecule is O=C=NCc1ccnc(Cl)c1. The quantitative estimate of drug-likeness (QED) is 0.382. The monoisotopic (exact) mass is 168 g/mol. The van der Waals surface area contributed by atoms with Crippen LogP contribution in [-0.4, -0.2) is 11.1 Å². The fourth-order valence-corrected chi connectivity index (χ4v) is 0.861. The van der Waals surface area contributed by atoms with Crippen molar-refractivity contribution in [1.29, 1.82) is 0 Å². The molecular formula is C7H5ClN2O. The molecule has 0 fully saturated rings. The van der Waals surface area contributed by atoms with Crippen LogP contribution in [0.25, 0.3) is 0 Å². The topological polar surface area (TPSA) is 42.3 Å². The van der Waals surface area contributed by atoms with E-state index in [0.717, 1.165) is 5.56 Å². The van der Waals surface area contributed by atoms with E-state index in [4.69, 9.17) is 11.6 Å². The summed E-state index contributed by atoms with van der Waals surface area (Å²) in [5.74, 6) is 0. The van der Waals surface area contributed by atoms with E-state index in [-0.39, 0.29) is 0 Å². The Labute approximate surface area is 68.7 Å². The Hall–Kier alpha value is -1.18. The lowest BCUT2D eigenvalue weighted by Gasteiger charge is -1.92. The lowest BCUT2D eigenvalue weighted by molar-refractivity contribution is 0.563. The van der Waals surface area contributed by atoms with E-state index in [1.807, 2.05) is 0 Å². The predicted octanol–water partition coefficient (Wildman–Crippen LogP) is 1.57. The number of aromatic nitrogens is 1. The van der Waals surface area contributed by atoms with Crippen molar-refractivity contribution in [3.05, 3.63) is 29.0 Å². The Kier molecular flexibility index (Phi) is 2.78. The van der Waals surface area contributed by atoms with E-state index >= 15 is 0 Å². The van der Waals surface area contributed by atoms with Gasteiger partial charge in [-0.25, -0.2) is 14.8 Å². The molecule has 0 amide bonds. The number of carbonyl (C=O) groups excluding carboxylic acids is 1. The second kappa shape index (κ2) is 3.86. The van der Waals surface area contributed by atoms with Crippen LogP contribution in [0.3, 0.4) is 0 Å². The molecule has 0 aliphatic carbocycles. The van der Waals surface area contributed by atoms with Crippen LogP contribution in [0.5, 0.6) is 0 Å². The normalized spacial score (nSPS) is 8.82. The molecule has 56 valence electrons. The predicted molar refractivity (Wildman–Crippen MR) is 41.1 cm³/mol. The Bertz CT molecular complexity index is 294. The minimum Gasteiger partial charge on any atom is -0.245 e. The van der Waals surface area contributed by atoms with E-state index in [2.05, 4.69) is 9.98 Å². The molecule has 0 saturated carbocycles. The van der Waals surface area contributed by atoms with Crippen molar-refractivity contribution in [3.8, 4) is 0 Å². The summed E-state index contributed by atoms with van der Waals surface area (Å²) < 4.78 is 0. The summed E-state index contributed by atoms with van der Waals surface area (Å²) in [4.78, 5) is 16.9. The zero-order valence-corrected chi connectivity index (χ0v) is 6.38. The van der Waals surface area contributed by atoms with Gasteiger partial charge >= 0.3 is 0 Å². The molecule has 0 spiro atoms. The molecule has 1 rings (SSSR count). The van der Waals surface area contributed by atoms with Gasteiger partial charge < -0.3 is 0 Å². The number of isocyanates is 1. The molecule has 0 bridgehead atoms. The molecule has 1 aromatic rings. The molecule has 0 radical (unpaired) electrons. The van der Waals surface area contributed by atoms with Crippen LogP contribution < -0.4 is 0 Å². The van der Waals surface area contributed by atoms with Gasteiger partial charge in [0.05, 0.1) is 6.54 Å². The maximum Gasteiger partial charge on any atom is 0.235 e. The largest absolute Gasteiger partial charge is 0.245 e. The summed E-state index contributed by atoms with van der Waals surface area (Å²) in [6, 6.07) is 3.40. The number of nitrogens with zero attached hydrogens (tertiary/aromatic N) is 2. The van der Waals surface area contributed by atoms with E-state index in [1.54, 1.807) is 18.3 Å². The molecule has 0 unspecified atom stereocenters. The van der Waals surface area contributed by atoms with Gasteiger partial charge in [0.1, 0.15) is 5.15 Å². The van der Waals surface area contributed by atoms with Gasteiger partial charge in [-0.05, 0) is 17.7 Å². The lowest BCUT2D eigenvalue weighted by atomic mass is 10.3. The molecule has 0 aromatic carbocycles. The number of hydrogen-bond acceptors (Lipinski definition) is 3. The molecule has 0 N–H and O–H groups in total. The number of rotatable bonds is 2. The highest BCUT2D eigenvalue weighted by Crippen LogP contribution is 2.07. The van der Waals surface area contributed by atoms with Crippen LogP contribution >= 0.6 is 11.6 Å². The van der Waals surface area contributed by atoms with E-state index in [9.17, 15) is 4.79 Å². The van der Waals surface area contributed by atoms with E-state index in [1.165, 1.54) is 6.08 Å². The van der Waals surface area contributed by atoms with Crippen molar-refractivity contribution in [2.45, 2.75) is 6.54 Å². The standard InChI is InChI=1S/C7H5ClN2O/c8-7-3-6(1-2-10-7)4-9-5-11/h1-3H,4H2. The second-order valence-electron chi connectivity index (χ2n) is 1.89. The second-order valence-corrected chi connectivity index (χ2v) is 2.28. The first kappa shape index (κ1) is 7.92. The lowest BCUT2D eigenvalue weighted by Crippen LogP contribution is -1.82. The Morgan fingerprint density at radius 3 is 3.18 bits per heavy atom. The average Bonchev–Trinajstić information content (AvgIpc) is 2.01. The summed E-state index contributed by atoms with van der Waals surface area (Å²) in [6.45, 7) is 0.311. The van der Waals surface area contributed by atoms with Crippen molar-refractivity contribution >= 4 is 17.7 Å². The van der Waals surface area contributed by atoms with E-state index in [0.29, 0.717) is 11.7 Å². The van der Waals surface area contributed by atoms with Gasteiger partial charge in [0.2, 0.25) is 6.08 Å². The molecule has 0 atom stereocenters. The first-order valence-corrected chi connectivity index (χ1v) is 3.35. The van der Waals surface area contributed by atoms with E-state index < -0.39 is 0 Å². The fraction of sp³-hybridized carbons (Fsp3) is 0.143.